The minimum Gasteiger partial charge on any atom is -0.456 e. The largest absolute Gasteiger partial charge is 0.456 e. The number of aryl methyl sites for hydroxylation is 1. The molecule has 0 fully saturated rings. The van der Waals surface area contributed by atoms with E-state index in [1.807, 2.05) is 45.9 Å². The van der Waals surface area contributed by atoms with Crippen molar-refractivity contribution >= 4 is 17.7 Å². The average molecular weight is 334 g/mol. The first-order valence-electron chi connectivity index (χ1n) is 7.48. The van der Waals surface area contributed by atoms with E-state index in [2.05, 4.69) is 10.2 Å². The summed E-state index contributed by atoms with van der Waals surface area (Å²) in [5, 5.41) is 7.97. The third-order valence-corrected chi connectivity index (χ3v) is 4.15. The number of benzene rings is 1. The fraction of sp³-hybridized carbons (Fsp3) is 0.471. The van der Waals surface area contributed by atoms with Gasteiger partial charge in [0.05, 0.1) is 10.8 Å². The normalized spacial score (nSPS) is 12.9. The van der Waals surface area contributed by atoms with E-state index in [1.54, 1.807) is 24.8 Å². The molecule has 0 spiro atoms. The van der Waals surface area contributed by atoms with Crippen LogP contribution >= 0.6 is 11.8 Å². The van der Waals surface area contributed by atoms with E-state index < -0.39 is 5.60 Å². The first-order chi connectivity index (χ1) is 10.7. The van der Waals surface area contributed by atoms with Gasteiger partial charge in [0.15, 0.2) is 0 Å². The highest BCUT2D eigenvalue weighted by Gasteiger charge is 2.18. The van der Waals surface area contributed by atoms with Gasteiger partial charge in [-0.25, -0.2) is 4.79 Å². The second-order valence-electron chi connectivity index (χ2n) is 6.31. The van der Waals surface area contributed by atoms with Gasteiger partial charge in [-0.3, -0.25) is 0 Å². The second kappa shape index (κ2) is 7.17. The molecule has 124 valence electrons. The molecule has 0 aliphatic rings. The molecule has 0 radical (unpaired) electrons. The van der Waals surface area contributed by atoms with Crippen LogP contribution in [0.25, 0.3) is 0 Å². The Balaban J connectivity index is 1.98. The Morgan fingerprint density at radius 3 is 2.70 bits per heavy atom. The van der Waals surface area contributed by atoms with Gasteiger partial charge in [-0.15, -0.1) is 22.0 Å². The summed E-state index contributed by atoms with van der Waals surface area (Å²) in [6.07, 6.45) is 0. The molecule has 1 aromatic heterocycles. The van der Waals surface area contributed by atoms with E-state index >= 15 is 0 Å². The molecule has 1 atom stereocenters. The fourth-order valence-electron chi connectivity index (χ4n) is 1.89. The minimum absolute atomic E-state index is 0.0985. The van der Waals surface area contributed by atoms with Crippen molar-refractivity contribution in [2.75, 3.05) is 0 Å². The van der Waals surface area contributed by atoms with E-state index in [-0.39, 0.29) is 11.2 Å². The molecule has 1 unspecified atom stereocenters. The lowest BCUT2D eigenvalue weighted by molar-refractivity contribution is 0.00694. The van der Waals surface area contributed by atoms with Crippen molar-refractivity contribution in [3.05, 3.63) is 47.2 Å². The van der Waals surface area contributed by atoms with Gasteiger partial charge in [-0.05, 0) is 45.4 Å². The number of thioether (sulfide) groups is 1. The van der Waals surface area contributed by atoms with Crippen molar-refractivity contribution in [3.8, 4) is 0 Å². The maximum atomic E-state index is 12.1. The summed E-state index contributed by atoms with van der Waals surface area (Å²) in [6.45, 7) is 9.38. The molecule has 1 heterocycles. The van der Waals surface area contributed by atoms with Gasteiger partial charge >= 0.3 is 5.97 Å². The first-order valence-corrected chi connectivity index (χ1v) is 8.53. The molecule has 0 saturated heterocycles. The third-order valence-electron chi connectivity index (χ3n) is 2.95. The van der Waals surface area contributed by atoms with Gasteiger partial charge in [0.25, 0.3) is 0 Å². The lowest BCUT2D eigenvalue weighted by Crippen LogP contribution is -2.23. The predicted molar refractivity (Wildman–Crippen MR) is 90.4 cm³/mol. The van der Waals surface area contributed by atoms with Crippen LogP contribution in [0, 0.1) is 6.92 Å². The van der Waals surface area contributed by atoms with Crippen molar-refractivity contribution in [1.29, 1.82) is 0 Å². The molecule has 1 aromatic carbocycles. The highest BCUT2D eigenvalue weighted by Crippen LogP contribution is 2.30. The summed E-state index contributed by atoms with van der Waals surface area (Å²) >= 11 is 1.68. The number of aromatic nitrogens is 2. The summed E-state index contributed by atoms with van der Waals surface area (Å²) < 4.78 is 10.8. The smallest absolute Gasteiger partial charge is 0.338 e. The number of hydrogen-bond donors (Lipinski definition) is 0. The molecule has 5 nitrogen and oxygen atoms in total. The average Bonchev–Trinajstić information content (AvgIpc) is 2.90. The van der Waals surface area contributed by atoms with Crippen LogP contribution in [-0.2, 0) is 10.5 Å². The van der Waals surface area contributed by atoms with Gasteiger partial charge in [0, 0.05) is 12.7 Å². The Morgan fingerprint density at radius 1 is 1.35 bits per heavy atom. The molecule has 0 N–H and O–H groups in total. The molecule has 2 aromatic rings. The quantitative estimate of drug-likeness (QED) is 0.758. The zero-order valence-electron chi connectivity index (χ0n) is 14.1. The van der Waals surface area contributed by atoms with Gasteiger partial charge in [0.2, 0.25) is 11.8 Å². The number of carbonyl (C=O) groups is 1. The summed E-state index contributed by atoms with van der Waals surface area (Å²) in [7, 11) is 0. The topological polar surface area (TPSA) is 65.2 Å². The Labute approximate surface area is 140 Å². The Bertz CT molecular complexity index is 676. The fourth-order valence-corrected chi connectivity index (χ4v) is 2.75. The molecule has 0 bridgehead atoms. The number of esters is 1. The molecule has 0 amide bonds. The number of rotatable bonds is 5. The summed E-state index contributed by atoms with van der Waals surface area (Å²) in [5.74, 6) is 1.64. The minimum atomic E-state index is -0.494. The van der Waals surface area contributed by atoms with Gasteiger partial charge in [-0.2, -0.15) is 0 Å². The maximum Gasteiger partial charge on any atom is 0.338 e. The molecule has 0 saturated carbocycles. The SMILES string of the molecule is Cc1nnc(C(C)SCc2cccc(C(=O)OC(C)(C)C)c2)o1. The van der Waals surface area contributed by atoms with Gasteiger partial charge in [0.1, 0.15) is 5.60 Å². The van der Waals surface area contributed by atoms with E-state index in [9.17, 15) is 4.79 Å². The predicted octanol–water partition coefficient (Wildman–Crippen LogP) is 4.33. The van der Waals surface area contributed by atoms with E-state index in [0.717, 1.165) is 11.3 Å². The monoisotopic (exact) mass is 334 g/mol. The van der Waals surface area contributed by atoms with Crippen LogP contribution in [0.1, 0.15) is 60.6 Å². The van der Waals surface area contributed by atoms with Crippen LogP contribution in [-0.4, -0.2) is 21.8 Å². The van der Waals surface area contributed by atoms with Gasteiger partial charge in [-0.1, -0.05) is 12.1 Å². The summed E-state index contributed by atoms with van der Waals surface area (Å²) in [4.78, 5) is 12.1. The summed E-state index contributed by atoms with van der Waals surface area (Å²) in [6, 6.07) is 7.50. The maximum absolute atomic E-state index is 12.1. The molecular weight excluding hydrogens is 312 g/mol. The van der Waals surface area contributed by atoms with Crippen LogP contribution in [0.2, 0.25) is 0 Å². The number of nitrogens with zero attached hydrogens (tertiary/aromatic N) is 2. The zero-order chi connectivity index (χ0) is 17.0. The number of hydrogen-bond acceptors (Lipinski definition) is 6. The lowest BCUT2D eigenvalue weighted by Gasteiger charge is -2.19. The molecule has 0 aliphatic heterocycles. The van der Waals surface area contributed by atoms with Crippen LogP contribution in [0.4, 0.5) is 0 Å². The van der Waals surface area contributed by atoms with E-state index in [4.69, 9.17) is 9.15 Å². The Hall–Kier alpha value is -1.82. The molecule has 6 heteroatoms. The highest BCUT2D eigenvalue weighted by atomic mass is 32.2. The van der Waals surface area contributed by atoms with Crippen molar-refractivity contribution in [2.45, 2.75) is 51.2 Å². The second-order valence-corrected chi connectivity index (χ2v) is 7.64. The molecule has 2 rings (SSSR count). The molecule has 23 heavy (non-hydrogen) atoms. The van der Waals surface area contributed by atoms with Crippen molar-refractivity contribution in [2.24, 2.45) is 0 Å². The van der Waals surface area contributed by atoms with E-state index in [1.165, 1.54) is 0 Å². The van der Waals surface area contributed by atoms with Crippen molar-refractivity contribution in [3.63, 3.8) is 0 Å². The van der Waals surface area contributed by atoms with Gasteiger partial charge < -0.3 is 9.15 Å². The standard InChI is InChI=1S/C17H22N2O3S/c1-11(15-19-18-12(2)21-15)23-10-13-7-6-8-14(9-13)16(20)22-17(3,4)5/h6-9,11H,10H2,1-5H3. The van der Waals surface area contributed by atoms with Crippen molar-refractivity contribution in [1.82, 2.24) is 10.2 Å². The number of carbonyl (C=O) groups excluding carboxylic acids is 1. The first kappa shape index (κ1) is 17.5. The Morgan fingerprint density at radius 2 is 2.09 bits per heavy atom. The van der Waals surface area contributed by atoms with Crippen molar-refractivity contribution < 1.29 is 13.9 Å². The lowest BCUT2D eigenvalue weighted by atomic mass is 10.1. The van der Waals surface area contributed by atoms with E-state index in [0.29, 0.717) is 17.3 Å². The number of ether oxygens (including phenoxy) is 1. The van der Waals surface area contributed by atoms with Crippen LogP contribution < -0.4 is 0 Å². The summed E-state index contributed by atoms with van der Waals surface area (Å²) in [5.41, 5.74) is 1.13. The highest BCUT2D eigenvalue weighted by molar-refractivity contribution is 7.98. The van der Waals surface area contributed by atoms with Crippen LogP contribution in [0.5, 0.6) is 0 Å². The third kappa shape index (κ3) is 5.39. The van der Waals surface area contributed by atoms with Crippen LogP contribution in [0.15, 0.2) is 28.7 Å². The van der Waals surface area contributed by atoms with Crippen LogP contribution in [0.3, 0.4) is 0 Å². The molecular formula is C17H22N2O3S. The molecule has 0 aliphatic carbocycles. The Kier molecular flexibility index (Phi) is 5.46. The zero-order valence-corrected chi connectivity index (χ0v) is 14.9.